The van der Waals surface area contributed by atoms with E-state index in [-0.39, 0.29) is 26.8 Å². The van der Waals surface area contributed by atoms with Gasteiger partial charge in [-0.05, 0) is 58.2 Å². The minimum Gasteiger partial charge on any atom is -0.368 e. The van der Waals surface area contributed by atoms with Gasteiger partial charge < -0.3 is 14.9 Å². The van der Waals surface area contributed by atoms with E-state index >= 15 is 0 Å². The molecule has 1 aromatic heterocycles. The number of hydrogen-bond acceptors (Lipinski definition) is 5. The minimum absolute atomic E-state index is 0.0812. The van der Waals surface area contributed by atoms with Gasteiger partial charge in [-0.2, -0.15) is 4.39 Å². The number of halogens is 4. The Balaban J connectivity index is 1.79. The lowest BCUT2D eigenvalue weighted by Crippen LogP contribution is -2.53. The topological polar surface area (TPSA) is 40.2 Å². The van der Waals surface area contributed by atoms with Crippen LogP contribution in [-0.2, 0) is 0 Å². The highest BCUT2D eigenvalue weighted by atomic mass is 35.5. The van der Waals surface area contributed by atoms with Gasteiger partial charge in [0.25, 0.3) is 0 Å². The van der Waals surface area contributed by atoms with Crippen molar-refractivity contribution in [3.05, 3.63) is 46.9 Å². The van der Waals surface area contributed by atoms with Gasteiger partial charge in [0.1, 0.15) is 21.6 Å². The van der Waals surface area contributed by atoms with Gasteiger partial charge in [0, 0.05) is 30.2 Å². The summed E-state index contributed by atoms with van der Waals surface area (Å²) >= 11 is 6.93. The Morgan fingerprint density at radius 3 is 2.62 bits per heavy atom. The van der Waals surface area contributed by atoms with Crippen molar-refractivity contribution < 1.29 is 13.2 Å². The van der Waals surface area contributed by atoms with Crippen LogP contribution in [0.15, 0.2) is 29.2 Å². The fourth-order valence-electron chi connectivity index (χ4n) is 3.63. The molecule has 0 aliphatic carbocycles. The molecule has 1 unspecified atom stereocenters. The Bertz CT molecular complexity index is 906. The molecule has 4 nitrogen and oxygen atoms in total. The molecule has 29 heavy (non-hydrogen) atoms. The predicted molar refractivity (Wildman–Crippen MR) is 113 cm³/mol. The normalized spacial score (nSPS) is 19.7. The van der Waals surface area contributed by atoms with E-state index in [1.165, 1.54) is 24.3 Å². The van der Waals surface area contributed by atoms with E-state index < -0.39 is 17.6 Å². The largest absolute Gasteiger partial charge is 0.368 e. The molecular weight excluding hydrogens is 421 g/mol. The number of anilines is 2. The first kappa shape index (κ1) is 22.1. The second kappa shape index (κ2) is 8.24. The quantitative estimate of drug-likeness (QED) is 0.355. The minimum atomic E-state index is -0.854. The van der Waals surface area contributed by atoms with Gasteiger partial charge in [-0.1, -0.05) is 17.7 Å². The Kier molecular flexibility index (Phi) is 6.27. The first-order chi connectivity index (χ1) is 13.5. The summed E-state index contributed by atoms with van der Waals surface area (Å²) in [5.74, 6) is -2.13. The highest BCUT2D eigenvalue weighted by Gasteiger charge is 2.37. The van der Waals surface area contributed by atoms with Crippen LogP contribution in [0.1, 0.15) is 34.1 Å². The number of hydrogen-bond donors (Lipinski definition) is 2. The smallest absolute Gasteiger partial charge is 0.214 e. The van der Waals surface area contributed by atoms with Crippen molar-refractivity contribution in [3.8, 4) is 0 Å². The Morgan fingerprint density at radius 1 is 1.24 bits per heavy atom. The SMILES string of the molecule is CC(C)(C)NC1(C)CCN(c2cc(F)c(SNc3cccc(F)n3)c(F)c2Cl)C1. The number of nitrogens with one attached hydrogen (secondary N) is 2. The Hall–Kier alpha value is -1.64. The number of aromatic nitrogens is 1. The summed E-state index contributed by atoms with van der Waals surface area (Å²) in [6, 6.07) is 5.37. The first-order valence-electron chi connectivity index (χ1n) is 9.25. The summed E-state index contributed by atoms with van der Waals surface area (Å²) in [6.07, 6.45) is 0.827. The molecule has 0 spiro atoms. The molecule has 0 saturated carbocycles. The zero-order chi connectivity index (χ0) is 21.4. The van der Waals surface area contributed by atoms with E-state index in [2.05, 4.69) is 42.7 Å². The lowest BCUT2D eigenvalue weighted by Gasteiger charge is -2.35. The average Bonchev–Trinajstić information content (AvgIpc) is 2.97. The summed E-state index contributed by atoms with van der Waals surface area (Å²) in [7, 11) is 0. The van der Waals surface area contributed by atoms with Gasteiger partial charge in [0.15, 0.2) is 5.82 Å². The van der Waals surface area contributed by atoms with E-state index in [0.717, 1.165) is 6.42 Å². The van der Waals surface area contributed by atoms with Crippen LogP contribution in [0.2, 0.25) is 5.02 Å². The highest BCUT2D eigenvalue weighted by molar-refractivity contribution is 8.00. The standard InChI is InChI=1S/C20H24ClF3N4S/c1-19(2,3)27-20(4)8-9-28(11-20)13-10-12(22)18(17(24)16(13)21)29-26-15-7-5-6-14(23)25-15/h5-7,10,27H,8-9,11H2,1-4H3,(H,25,26). The average molecular weight is 445 g/mol. The fraction of sp³-hybridized carbons (Fsp3) is 0.450. The van der Waals surface area contributed by atoms with Crippen LogP contribution in [0.5, 0.6) is 0 Å². The Labute approximate surface area is 178 Å². The third kappa shape index (κ3) is 5.29. The van der Waals surface area contributed by atoms with Crippen LogP contribution in [0, 0.1) is 17.6 Å². The molecule has 2 heterocycles. The van der Waals surface area contributed by atoms with E-state index in [1.54, 1.807) is 0 Å². The summed E-state index contributed by atoms with van der Waals surface area (Å²) in [5, 5.41) is 3.44. The molecule has 2 N–H and O–H groups in total. The number of nitrogens with zero attached hydrogens (tertiary/aromatic N) is 2. The fourth-order valence-corrected chi connectivity index (χ4v) is 4.63. The van der Waals surface area contributed by atoms with E-state index in [1.807, 2.05) is 4.90 Å². The summed E-state index contributed by atoms with van der Waals surface area (Å²) < 4.78 is 45.4. The van der Waals surface area contributed by atoms with Crippen molar-refractivity contribution in [2.75, 3.05) is 22.7 Å². The van der Waals surface area contributed by atoms with Crippen molar-refractivity contribution in [2.45, 2.75) is 50.1 Å². The zero-order valence-electron chi connectivity index (χ0n) is 16.7. The third-order valence-corrected chi connectivity index (χ3v) is 5.81. The van der Waals surface area contributed by atoms with Crippen molar-refractivity contribution in [2.24, 2.45) is 0 Å². The maximum atomic E-state index is 14.9. The van der Waals surface area contributed by atoms with Gasteiger partial charge >= 0.3 is 0 Å². The van der Waals surface area contributed by atoms with Crippen molar-refractivity contribution in [3.63, 3.8) is 0 Å². The lowest BCUT2D eigenvalue weighted by molar-refractivity contribution is 0.283. The van der Waals surface area contributed by atoms with Gasteiger partial charge in [-0.25, -0.2) is 13.8 Å². The molecule has 0 radical (unpaired) electrons. The van der Waals surface area contributed by atoms with Crippen LogP contribution in [0.4, 0.5) is 24.7 Å². The predicted octanol–water partition coefficient (Wildman–Crippen LogP) is 5.63. The van der Waals surface area contributed by atoms with Crippen LogP contribution >= 0.6 is 23.5 Å². The van der Waals surface area contributed by atoms with Crippen molar-refractivity contribution in [1.82, 2.24) is 10.3 Å². The molecule has 1 aliphatic heterocycles. The van der Waals surface area contributed by atoms with E-state index in [0.29, 0.717) is 30.7 Å². The summed E-state index contributed by atoms with van der Waals surface area (Å²) in [4.78, 5) is 5.20. The third-order valence-electron chi connectivity index (χ3n) is 4.56. The molecule has 0 amide bonds. The van der Waals surface area contributed by atoms with E-state index in [9.17, 15) is 13.2 Å². The van der Waals surface area contributed by atoms with Crippen molar-refractivity contribution in [1.29, 1.82) is 0 Å². The Morgan fingerprint density at radius 2 is 1.97 bits per heavy atom. The molecule has 3 rings (SSSR count). The molecule has 1 aromatic carbocycles. The summed E-state index contributed by atoms with van der Waals surface area (Å²) in [5.41, 5.74) is 0.0590. The molecule has 9 heteroatoms. The second-order valence-electron chi connectivity index (χ2n) is 8.49. The highest BCUT2D eigenvalue weighted by Crippen LogP contribution is 2.39. The van der Waals surface area contributed by atoms with Crippen LogP contribution in [-0.4, -0.2) is 29.2 Å². The second-order valence-corrected chi connectivity index (χ2v) is 9.69. The number of rotatable bonds is 5. The maximum absolute atomic E-state index is 14.9. The zero-order valence-corrected chi connectivity index (χ0v) is 18.3. The van der Waals surface area contributed by atoms with Crippen LogP contribution in [0.3, 0.4) is 0 Å². The first-order valence-corrected chi connectivity index (χ1v) is 10.4. The van der Waals surface area contributed by atoms with Crippen LogP contribution in [0.25, 0.3) is 0 Å². The number of pyridine rings is 1. The molecule has 0 bridgehead atoms. The van der Waals surface area contributed by atoms with Gasteiger partial charge in [-0.15, -0.1) is 0 Å². The monoisotopic (exact) mass is 444 g/mol. The molecule has 158 valence electrons. The molecular formula is C20H24ClF3N4S. The van der Waals surface area contributed by atoms with E-state index in [4.69, 9.17) is 11.6 Å². The molecule has 1 saturated heterocycles. The molecule has 1 fully saturated rings. The van der Waals surface area contributed by atoms with Crippen LogP contribution < -0.4 is 14.9 Å². The van der Waals surface area contributed by atoms with Gasteiger partial charge in [0.05, 0.1) is 5.69 Å². The lowest BCUT2D eigenvalue weighted by atomic mass is 9.96. The molecule has 2 aromatic rings. The molecule has 1 atom stereocenters. The van der Waals surface area contributed by atoms with Gasteiger partial charge in [0.2, 0.25) is 5.95 Å². The number of benzene rings is 1. The van der Waals surface area contributed by atoms with Gasteiger partial charge in [-0.3, -0.25) is 0 Å². The molecule has 1 aliphatic rings. The van der Waals surface area contributed by atoms with Crippen molar-refractivity contribution >= 4 is 35.1 Å². The summed E-state index contributed by atoms with van der Waals surface area (Å²) in [6.45, 7) is 9.56. The maximum Gasteiger partial charge on any atom is 0.214 e.